The van der Waals surface area contributed by atoms with Crippen LogP contribution in [0.4, 0.5) is 0 Å². The topological polar surface area (TPSA) is 119 Å². The number of carboxylic acids is 1. The summed E-state index contributed by atoms with van der Waals surface area (Å²) < 4.78 is 35.3. The number of aliphatic carboxylic acids is 1. The molecule has 1 aromatic carbocycles. The SMILES string of the molecule is COC(=O)COc1ccc(S(=O)(=O)NCCC(=O)O)cc1. The third-order valence-electron chi connectivity index (χ3n) is 2.35. The molecule has 116 valence electrons. The summed E-state index contributed by atoms with van der Waals surface area (Å²) in [7, 11) is -2.54. The number of carbonyl (C=O) groups is 2. The van der Waals surface area contributed by atoms with Crippen molar-refractivity contribution in [2.45, 2.75) is 11.3 Å². The second-order valence-electron chi connectivity index (χ2n) is 3.88. The van der Waals surface area contributed by atoms with Crippen LogP contribution in [0.3, 0.4) is 0 Å². The smallest absolute Gasteiger partial charge is 0.343 e. The van der Waals surface area contributed by atoms with Gasteiger partial charge in [-0.2, -0.15) is 0 Å². The molecule has 8 nitrogen and oxygen atoms in total. The van der Waals surface area contributed by atoms with Gasteiger partial charge in [-0.3, -0.25) is 4.79 Å². The van der Waals surface area contributed by atoms with Crippen molar-refractivity contribution in [1.82, 2.24) is 4.72 Å². The quantitative estimate of drug-likeness (QED) is 0.647. The molecular formula is C12H15NO7S. The Labute approximate surface area is 121 Å². The Hall–Kier alpha value is -2.13. The van der Waals surface area contributed by atoms with Crippen LogP contribution in [0.5, 0.6) is 5.75 Å². The number of nitrogens with one attached hydrogen (secondary N) is 1. The molecule has 0 aliphatic carbocycles. The van der Waals surface area contributed by atoms with E-state index in [1.165, 1.54) is 31.4 Å². The average molecular weight is 317 g/mol. The Morgan fingerprint density at radius 1 is 1.24 bits per heavy atom. The highest BCUT2D eigenvalue weighted by Gasteiger charge is 2.14. The first kappa shape index (κ1) is 16.9. The van der Waals surface area contributed by atoms with Gasteiger partial charge in [-0.1, -0.05) is 0 Å². The lowest BCUT2D eigenvalue weighted by Gasteiger charge is -2.07. The molecule has 0 saturated carbocycles. The number of benzene rings is 1. The first-order chi connectivity index (χ1) is 9.85. The lowest BCUT2D eigenvalue weighted by molar-refractivity contribution is -0.143. The highest BCUT2D eigenvalue weighted by Crippen LogP contribution is 2.15. The molecule has 0 amide bonds. The zero-order valence-electron chi connectivity index (χ0n) is 11.2. The van der Waals surface area contributed by atoms with Crippen molar-refractivity contribution in [3.05, 3.63) is 24.3 Å². The largest absolute Gasteiger partial charge is 0.482 e. The third-order valence-corrected chi connectivity index (χ3v) is 3.83. The minimum Gasteiger partial charge on any atom is -0.482 e. The van der Waals surface area contributed by atoms with E-state index in [1.807, 2.05) is 0 Å². The molecular weight excluding hydrogens is 302 g/mol. The van der Waals surface area contributed by atoms with Gasteiger partial charge in [0, 0.05) is 6.54 Å². The predicted octanol–water partition coefficient (Wildman–Crippen LogP) is -0.00860. The number of carbonyl (C=O) groups excluding carboxylic acids is 1. The fourth-order valence-electron chi connectivity index (χ4n) is 1.29. The Kier molecular flexibility index (Phi) is 6.12. The minimum atomic E-state index is -3.77. The maximum atomic E-state index is 11.8. The van der Waals surface area contributed by atoms with Crippen LogP contribution in [0.15, 0.2) is 29.2 Å². The summed E-state index contributed by atoms with van der Waals surface area (Å²) in [6.45, 7) is -0.474. The van der Waals surface area contributed by atoms with Crippen molar-refractivity contribution < 1.29 is 32.6 Å². The van der Waals surface area contributed by atoms with Crippen molar-refractivity contribution in [2.24, 2.45) is 0 Å². The van der Waals surface area contributed by atoms with Crippen molar-refractivity contribution >= 4 is 22.0 Å². The van der Waals surface area contributed by atoms with E-state index in [4.69, 9.17) is 9.84 Å². The molecule has 0 heterocycles. The van der Waals surface area contributed by atoms with Gasteiger partial charge in [0.25, 0.3) is 0 Å². The van der Waals surface area contributed by atoms with E-state index in [0.29, 0.717) is 5.75 Å². The number of rotatable bonds is 8. The van der Waals surface area contributed by atoms with Gasteiger partial charge in [-0.25, -0.2) is 17.9 Å². The van der Waals surface area contributed by atoms with Gasteiger partial charge in [-0.05, 0) is 24.3 Å². The molecule has 1 aromatic rings. The van der Waals surface area contributed by atoms with E-state index >= 15 is 0 Å². The van der Waals surface area contributed by atoms with E-state index in [9.17, 15) is 18.0 Å². The molecule has 0 spiro atoms. The van der Waals surface area contributed by atoms with Crippen molar-refractivity contribution in [2.75, 3.05) is 20.3 Å². The predicted molar refractivity (Wildman–Crippen MR) is 71.4 cm³/mol. The van der Waals surface area contributed by atoms with E-state index in [0.717, 1.165) is 0 Å². The monoisotopic (exact) mass is 317 g/mol. The van der Waals surface area contributed by atoms with E-state index in [-0.39, 0.29) is 24.5 Å². The van der Waals surface area contributed by atoms with Gasteiger partial charge in [0.2, 0.25) is 10.0 Å². The number of methoxy groups -OCH3 is 1. The second kappa shape index (κ2) is 7.60. The zero-order valence-corrected chi connectivity index (χ0v) is 12.1. The molecule has 1 rings (SSSR count). The standard InChI is InChI=1S/C12H15NO7S/c1-19-12(16)8-20-9-2-4-10(5-3-9)21(17,18)13-7-6-11(14)15/h2-5,13H,6-8H2,1H3,(H,14,15). The Morgan fingerprint density at radius 2 is 1.86 bits per heavy atom. The number of hydrogen-bond acceptors (Lipinski definition) is 6. The van der Waals surface area contributed by atoms with Gasteiger partial charge in [0.1, 0.15) is 5.75 Å². The molecule has 0 aliphatic heterocycles. The summed E-state index contributed by atoms with van der Waals surface area (Å²) in [4.78, 5) is 21.2. The van der Waals surface area contributed by atoms with Gasteiger partial charge in [-0.15, -0.1) is 0 Å². The first-order valence-corrected chi connectivity index (χ1v) is 7.34. The maximum Gasteiger partial charge on any atom is 0.343 e. The van der Waals surface area contributed by atoms with Crippen LogP contribution in [-0.4, -0.2) is 45.7 Å². The molecule has 0 bridgehead atoms. The normalized spacial score (nSPS) is 10.9. The summed E-state index contributed by atoms with van der Waals surface area (Å²) in [5, 5.41) is 8.45. The lowest BCUT2D eigenvalue weighted by atomic mass is 10.3. The van der Waals surface area contributed by atoms with E-state index in [1.54, 1.807) is 0 Å². The number of esters is 1. The van der Waals surface area contributed by atoms with Gasteiger partial charge >= 0.3 is 11.9 Å². The summed E-state index contributed by atoms with van der Waals surface area (Å²) in [5.41, 5.74) is 0. The summed E-state index contributed by atoms with van der Waals surface area (Å²) in [6.07, 6.45) is -0.306. The summed E-state index contributed by atoms with van der Waals surface area (Å²) in [6, 6.07) is 5.34. The van der Waals surface area contributed by atoms with Gasteiger partial charge in [0.15, 0.2) is 6.61 Å². The van der Waals surface area contributed by atoms with Crippen molar-refractivity contribution in [3.63, 3.8) is 0 Å². The average Bonchev–Trinajstić information content (AvgIpc) is 2.44. The zero-order chi connectivity index (χ0) is 15.9. The van der Waals surface area contributed by atoms with E-state index in [2.05, 4.69) is 9.46 Å². The first-order valence-electron chi connectivity index (χ1n) is 5.86. The molecule has 0 aliphatic rings. The number of carboxylic acid groups (broad SMARTS) is 1. The van der Waals surface area contributed by atoms with Crippen LogP contribution in [0.25, 0.3) is 0 Å². The summed E-state index contributed by atoms with van der Waals surface area (Å²) in [5.74, 6) is -1.34. The summed E-state index contributed by atoms with van der Waals surface area (Å²) >= 11 is 0. The highest BCUT2D eigenvalue weighted by atomic mass is 32.2. The van der Waals surface area contributed by atoms with Crippen LogP contribution in [-0.2, 0) is 24.3 Å². The Morgan fingerprint density at radius 3 is 2.38 bits per heavy atom. The van der Waals surface area contributed by atoms with Crippen LogP contribution in [0.1, 0.15) is 6.42 Å². The van der Waals surface area contributed by atoms with Gasteiger partial charge < -0.3 is 14.6 Å². The molecule has 0 fully saturated rings. The fourth-order valence-corrected chi connectivity index (χ4v) is 2.32. The highest BCUT2D eigenvalue weighted by molar-refractivity contribution is 7.89. The number of hydrogen-bond donors (Lipinski definition) is 2. The molecule has 2 N–H and O–H groups in total. The second-order valence-corrected chi connectivity index (χ2v) is 5.64. The van der Waals surface area contributed by atoms with E-state index < -0.39 is 22.0 Å². The molecule has 21 heavy (non-hydrogen) atoms. The van der Waals surface area contributed by atoms with Crippen LogP contribution >= 0.6 is 0 Å². The van der Waals surface area contributed by atoms with Gasteiger partial charge in [0.05, 0.1) is 18.4 Å². The minimum absolute atomic E-state index is 0.0293. The molecule has 0 radical (unpaired) electrons. The number of ether oxygens (including phenoxy) is 2. The Bertz CT molecular complexity index is 595. The van der Waals surface area contributed by atoms with Crippen LogP contribution < -0.4 is 9.46 Å². The number of sulfonamides is 1. The van der Waals surface area contributed by atoms with Crippen molar-refractivity contribution in [3.8, 4) is 5.75 Å². The van der Waals surface area contributed by atoms with Crippen LogP contribution in [0.2, 0.25) is 0 Å². The fraction of sp³-hybridized carbons (Fsp3) is 0.333. The molecule has 0 saturated heterocycles. The lowest BCUT2D eigenvalue weighted by Crippen LogP contribution is -2.26. The maximum absolute atomic E-state index is 11.8. The molecule has 0 unspecified atom stereocenters. The van der Waals surface area contributed by atoms with Crippen LogP contribution in [0, 0.1) is 0 Å². The molecule has 0 aromatic heterocycles. The molecule has 9 heteroatoms. The molecule has 0 atom stereocenters. The third kappa shape index (κ3) is 5.79. The van der Waals surface area contributed by atoms with Crippen molar-refractivity contribution in [1.29, 1.82) is 0 Å². The Balaban J connectivity index is 2.63.